The van der Waals surface area contributed by atoms with Crippen molar-refractivity contribution in [3.05, 3.63) is 102 Å². The normalized spacial score (nSPS) is 14.7. The van der Waals surface area contributed by atoms with Gasteiger partial charge in [0.25, 0.3) is 0 Å². The Balaban J connectivity index is 0.00000370. The molecule has 0 spiro atoms. The number of hydrogen-bond acceptors (Lipinski definition) is 7. The van der Waals surface area contributed by atoms with Gasteiger partial charge < -0.3 is 19.4 Å². The highest BCUT2D eigenvalue weighted by atomic mass is 35.5. The number of rotatable bonds is 9. The SMILES string of the molecule is COc1cccc(CN(C2Cc3cc(C#N)ccc3N(Cc3c[nH]cn3)C2)S(=O)(=O)c2ccccc2)c1OC.Cl. The third-order valence-electron chi connectivity index (χ3n) is 6.91. The number of nitrogens with zero attached hydrogens (tertiary/aromatic N) is 4. The van der Waals surface area contributed by atoms with E-state index in [1.54, 1.807) is 67.3 Å². The van der Waals surface area contributed by atoms with Gasteiger partial charge in [0.15, 0.2) is 11.5 Å². The molecule has 1 atom stereocenters. The van der Waals surface area contributed by atoms with Crippen molar-refractivity contribution in [3.8, 4) is 17.6 Å². The van der Waals surface area contributed by atoms with Crippen molar-refractivity contribution in [3.63, 3.8) is 0 Å². The predicted molar refractivity (Wildman–Crippen MR) is 154 cm³/mol. The topological polar surface area (TPSA) is 112 Å². The first kappa shape index (κ1) is 29.0. The lowest BCUT2D eigenvalue weighted by molar-refractivity contribution is 0.294. The van der Waals surface area contributed by atoms with Gasteiger partial charge in [-0.2, -0.15) is 9.57 Å². The van der Waals surface area contributed by atoms with E-state index in [1.807, 2.05) is 30.5 Å². The number of halogens is 1. The number of aromatic nitrogens is 2. The maximum Gasteiger partial charge on any atom is 0.243 e. The molecule has 0 bridgehead atoms. The first-order valence-corrected chi connectivity index (χ1v) is 13.9. The highest BCUT2D eigenvalue weighted by molar-refractivity contribution is 7.89. The molecule has 1 aliphatic rings. The van der Waals surface area contributed by atoms with E-state index < -0.39 is 16.1 Å². The number of methoxy groups -OCH3 is 2. The first-order valence-electron chi connectivity index (χ1n) is 12.5. The number of H-pyrrole nitrogens is 1. The van der Waals surface area contributed by atoms with Gasteiger partial charge in [-0.25, -0.2) is 13.4 Å². The van der Waals surface area contributed by atoms with Gasteiger partial charge in [-0.1, -0.05) is 30.3 Å². The Labute approximate surface area is 240 Å². The lowest BCUT2D eigenvalue weighted by atomic mass is 9.95. The van der Waals surface area contributed by atoms with Crippen molar-refractivity contribution in [1.82, 2.24) is 14.3 Å². The van der Waals surface area contributed by atoms with E-state index in [0.29, 0.717) is 42.1 Å². The van der Waals surface area contributed by atoms with Crippen LogP contribution < -0.4 is 14.4 Å². The van der Waals surface area contributed by atoms with E-state index in [2.05, 4.69) is 20.9 Å². The number of para-hydroxylation sites is 1. The summed E-state index contributed by atoms with van der Waals surface area (Å²) in [4.78, 5) is 9.70. The molecule has 1 aliphatic heterocycles. The third-order valence-corrected chi connectivity index (χ3v) is 8.82. The first-order chi connectivity index (χ1) is 18.9. The molecule has 0 aliphatic carbocycles. The molecule has 5 rings (SSSR count). The summed E-state index contributed by atoms with van der Waals surface area (Å²) in [6.45, 7) is 0.997. The molecule has 0 amide bonds. The fourth-order valence-corrected chi connectivity index (χ4v) is 6.71. The Morgan fingerprint density at radius 2 is 1.90 bits per heavy atom. The number of ether oxygens (including phenoxy) is 2. The van der Waals surface area contributed by atoms with E-state index in [1.165, 1.54) is 0 Å². The van der Waals surface area contributed by atoms with Crippen LogP contribution in [0.2, 0.25) is 0 Å². The van der Waals surface area contributed by atoms with E-state index in [4.69, 9.17) is 9.47 Å². The Morgan fingerprint density at radius 3 is 2.58 bits per heavy atom. The zero-order valence-corrected chi connectivity index (χ0v) is 23.8. The number of nitrogens with one attached hydrogen (secondary N) is 1. The number of hydrogen-bond donors (Lipinski definition) is 1. The van der Waals surface area contributed by atoms with Gasteiger partial charge in [0.1, 0.15) is 0 Å². The van der Waals surface area contributed by atoms with E-state index >= 15 is 0 Å². The summed E-state index contributed by atoms with van der Waals surface area (Å²) in [6.07, 6.45) is 3.89. The molecule has 0 saturated heterocycles. The van der Waals surface area contributed by atoms with E-state index in [9.17, 15) is 13.7 Å². The number of fused-ring (bicyclic) bond motifs is 1. The Morgan fingerprint density at radius 1 is 1.10 bits per heavy atom. The molecule has 0 fully saturated rings. The quantitative estimate of drug-likeness (QED) is 0.310. The number of sulfonamides is 1. The molecule has 11 heteroatoms. The van der Waals surface area contributed by atoms with Crippen LogP contribution in [-0.2, 0) is 29.5 Å². The van der Waals surface area contributed by atoms with Gasteiger partial charge in [-0.15, -0.1) is 12.4 Å². The van der Waals surface area contributed by atoms with Crippen LogP contribution in [0.4, 0.5) is 5.69 Å². The van der Waals surface area contributed by atoms with Crippen molar-refractivity contribution in [2.75, 3.05) is 25.7 Å². The molecule has 2 heterocycles. The van der Waals surface area contributed by atoms with Crippen LogP contribution in [0.15, 0.2) is 84.1 Å². The summed E-state index contributed by atoms with van der Waals surface area (Å²) in [6, 6.07) is 21.2. The van der Waals surface area contributed by atoms with Gasteiger partial charge in [0.2, 0.25) is 10.0 Å². The molecule has 3 aromatic carbocycles. The molecule has 40 heavy (non-hydrogen) atoms. The van der Waals surface area contributed by atoms with Crippen molar-refractivity contribution in [2.45, 2.75) is 30.4 Å². The summed E-state index contributed by atoms with van der Waals surface area (Å²) in [5.41, 5.74) is 3.92. The number of nitriles is 1. The molecule has 9 nitrogen and oxygen atoms in total. The van der Waals surface area contributed by atoms with Crippen LogP contribution >= 0.6 is 12.4 Å². The van der Waals surface area contributed by atoms with Gasteiger partial charge in [0, 0.05) is 36.6 Å². The summed E-state index contributed by atoms with van der Waals surface area (Å²) >= 11 is 0. The Hall–Kier alpha value is -4.04. The van der Waals surface area contributed by atoms with Gasteiger partial charge in [-0.3, -0.25) is 0 Å². The van der Waals surface area contributed by atoms with Crippen molar-refractivity contribution in [2.24, 2.45) is 0 Å². The minimum absolute atomic E-state index is 0. The number of anilines is 1. The van der Waals surface area contributed by atoms with Gasteiger partial charge in [0.05, 0.1) is 49.3 Å². The Bertz CT molecular complexity index is 1590. The maximum atomic E-state index is 14.2. The van der Waals surface area contributed by atoms with Gasteiger partial charge >= 0.3 is 0 Å². The zero-order valence-electron chi connectivity index (χ0n) is 22.1. The summed E-state index contributed by atoms with van der Waals surface area (Å²) in [5, 5.41) is 9.56. The molecule has 0 saturated carbocycles. The Kier molecular flexibility index (Phi) is 9.00. The van der Waals surface area contributed by atoms with E-state index in [0.717, 1.165) is 16.9 Å². The molecule has 4 aromatic rings. The minimum Gasteiger partial charge on any atom is -0.493 e. The predicted octanol–water partition coefficient (Wildman–Crippen LogP) is 4.54. The number of benzene rings is 3. The second kappa shape index (κ2) is 12.4. The average Bonchev–Trinajstić information content (AvgIpc) is 3.48. The maximum absolute atomic E-state index is 14.2. The van der Waals surface area contributed by atoms with Crippen LogP contribution in [0.25, 0.3) is 0 Å². The monoisotopic (exact) mass is 579 g/mol. The number of imidazole rings is 1. The second-order valence-electron chi connectivity index (χ2n) is 9.27. The standard InChI is InChI=1S/C29H29N5O4S.ClH/c1-37-28-10-6-7-22(29(28)38-2)17-34(39(35,36)26-8-4-3-5-9-26)25-14-23-13-21(15-30)11-12-27(23)33(19-25)18-24-16-31-20-32-24;/h3-13,16,20,25H,14,17-19H2,1-2H3,(H,31,32);1H. The largest absolute Gasteiger partial charge is 0.493 e. The molecular weight excluding hydrogens is 550 g/mol. The fraction of sp³-hybridized carbons (Fsp3) is 0.241. The summed E-state index contributed by atoms with van der Waals surface area (Å²) in [7, 11) is -0.825. The summed E-state index contributed by atoms with van der Waals surface area (Å²) in [5.74, 6) is 1.02. The van der Waals surface area contributed by atoms with Crippen molar-refractivity contribution in [1.29, 1.82) is 5.26 Å². The average molecular weight is 580 g/mol. The van der Waals surface area contributed by atoms with Crippen LogP contribution in [0.3, 0.4) is 0 Å². The highest BCUT2D eigenvalue weighted by Gasteiger charge is 2.37. The third kappa shape index (κ3) is 5.77. The summed E-state index contributed by atoms with van der Waals surface area (Å²) < 4.78 is 41.1. The second-order valence-corrected chi connectivity index (χ2v) is 11.2. The van der Waals surface area contributed by atoms with E-state index in [-0.39, 0.29) is 23.8 Å². The van der Waals surface area contributed by atoms with Crippen LogP contribution in [0, 0.1) is 11.3 Å². The fourth-order valence-electron chi connectivity index (χ4n) is 5.10. The smallest absolute Gasteiger partial charge is 0.243 e. The molecule has 1 N–H and O–H groups in total. The van der Waals surface area contributed by atoms with Crippen molar-refractivity contribution < 1.29 is 17.9 Å². The van der Waals surface area contributed by atoms with Crippen molar-refractivity contribution >= 4 is 28.1 Å². The lowest BCUT2D eigenvalue weighted by Gasteiger charge is -2.40. The minimum atomic E-state index is -3.92. The van der Waals surface area contributed by atoms with Crippen LogP contribution in [0.1, 0.15) is 22.4 Å². The van der Waals surface area contributed by atoms with Gasteiger partial charge in [-0.05, 0) is 48.4 Å². The van der Waals surface area contributed by atoms with Crippen LogP contribution in [-0.4, -0.2) is 49.5 Å². The zero-order chi connectivity index (χ0) is 27.4. The molecule has 1 aromatic heterocycles. The highest BCUT2D eigenvalue weighted by Crippen LogP contribution is 2.36. The number of aromatic amines is 1. The molecule has 0 radical (unpaired) electrons. The lowest BCUT2D eigenvalue weighted by Crippen LogP contribution is -2.50. The molecule has 208 valence electrons. The molecule has 1 unspecified atom stereocenters. The van der Waals surface area contributed by atoms with Crippen LogP contribution in [0.5, 0.6) is 11.5 Å². The molecular formula is C29H30ClN5O4S.